The predicted molar refractivity (Wildman–Crippen MR) is 72.5 cm³/mol. The zero-order chi connectivity index (χ0) is 13.4. The number of hydrogen-bond acceptors (Lipinski definition) is 4. The van der Waals surface area contributed by atoms with Crippen LogP contribution in [0.5, 0.6) is 0 Å². The van der Waals surface area contributed by atoms with Crippen LogP contribution in [0.25, 0.3) is 0 Å². The second-order valence-electron chi connectivity index (χ2n) is 6.37. The van der Waals surface area contributed by atoms with Crippen LogP contribution in [-0.2, 0) is 14.6 Å². The van der Waals surface area contributed by atoms with Gasteiger partial charge in [-0.05, 0) is 39.5 Å². The number of nitrogens with one attached hydrogen (secondary N) is 1. The molecule has 5 heteroatoms. The average Bonchev–Trinajstić information content (AvgIpc) is 2.63. The number of rotatable bonds is 3. The second-order valence-corrected chi connectivity index (χ2v) is 8.63. The maximum Gasteiger partial charge on any atom is 0.151 e. The summed E-state index contributed by atoms with van der Waals surface area (Å²) < 4.78 is 29.2. The molecule has 0 spiro atoms. The smallest absolute Gasteiger partial charge is 0.151 e. The van der Waals surface area contributed by atoms with E-state index in [0.29, 0.717) is 6.04 Å². The van der Waals surface area contributed by atoms with Crippen molar-refractivity contribution in [1.82, 2.24) is 5.32 Å². The van der Waals surface area contributed by atoms with Gasteiger partial charge in [0, 0.05) is 24.9 Å². The maximum atomic E-state index is 11.7. The average molecular weight is 275 g/mol. The Morgan fingerprint density at radius 3 is 2.56 bits per heavy atom. The largest absolute Gasteiger partial charge is 0.375 e. The van der Waals surface area contributed by atoms with Crippen molar-refractivity contribution in [2.24, 2.45) is 0 Å². The Bertz CT molecular complexity index is 391. The van der Waals surface area contributed by atoms with Crippen molar-refractivity contribution in [2.75, 3.05) is 12.9 Å². The van der Waals surface area contributed by atoms with Gasteiger partial charge in [-0.15, -0.1) is 0 Å². The maximum absolute atomic E-state index is 11.7. The van der Waals surface area contributed by atoms with Crippen molar-refractivity contribution in [1.29, 1.82) is 0 Å². The lowest BCUT2D eigenvalue weighted by molar-refractivity contribution is -0.0640. The number of hydrogen-bond donors (Lipinski definition) is 1. The SMILES string of the molecule is CC1(C)CC(NC2CCCC2S(C)(=O)=O)CCO1. The summed E-state index contributed by atoms with van der Waals surface area (Å²) >= 11 is 0. The Balaban J connectivity index is 1.97. The molecule has 0 aromatic heterocycles. The molecule has 0 amide bonds. The van der Waals surface area contributed by atoms with Crippen LogP contribution in [0.4, 0.5) is 0 Å². The molecule has 0 aromatic rings. The molecule has 1 aliphatic heterocycles. The summed E-state index contributed by atoms with van der Waals surface area (Å²) in [6.45, 7) is 4.97. The summed E-state index contributed by atoms with van der Waals surface area (Å²) in [6, 6.07) is 0.528. The fraction of sp³-hybridized carbons (Fsp3) is 1.00. The monoisotopic (exact) mass is 275 g/mol. The van der Waals surface area contributed by atoms with Crippen molar-refractivity contribution in [3.05, 3.63) is 0 Å². The zero-order valence-corrected chi connectivity index (χ0v) is 12.4. The lowest BCUT2D eigenvalue weighted by Gasteiger charge is -2.37. The topological polar surface area (TPSA) is 55.4 Å². The Labute approximate surface area is 110 Å². The molecule has 1 heterocycles. The third-order valence-corrected chi connectivity index (χ3v) is 5.81. The van der Waals surface area contributed by atoms with Crippen LogP contribution in [0.1, 0.15) is 46.0 Å². The van der Waals surface area contributed by atoms with Crippen LogP contribution >= 0.6 is 0 Å². The first-order valence-electron chi connectivity index (χ1n) is 6.87. The molecule has 106 valence electrons. The number of ether oxygens (including phenoxy) is 1. The molecule has 0 aromatic carbocycles. The predicted octanol–water partition coefficient (Wildman–Crippen LogP) is 1.50. The highest BCUT2D eigenvalue weighted by Crippen LogP contribution is 2.29. The van der Waals surface area contributed by atoms with E-state index >= 15 is 0 Å². The molecule has 3 unspecified atom stereocenters. The van der Waals surface area contributed by atoms with Gasteiger partial charge in [-0.1, -0.05) is 6.42 Å². The van der Waals surface area contributed by atoms with E-state index in [1.165, 1.54) is 6.26 Å². The fourth-order valence-corrected chi connectivity index (χ4v) is 4.71. The van der Waals surface area contributed by atoms with Crippen LogP contribution in [0.2, 0.25) is 0 Å². The van der Waals surface area contributed by atoms with Crippen molar-refractivity contribution in [3.8, 4) is 0 Å². The van der Waals surface area contributed by atoms with Crippen LogP contribution in [-0.4, -0.2) is 44.2 Å². The molecule has 3 atom stereocenters. The lowest BCUT2D eigenvalue weighted by atomic mass is 9.93. The molecule has 1 saturated heterocycles. The minimum absolute atomic E-state index is 0.0882. The van der Waals surface area contributed by atoms with Gasteiger partial charge >= 0.3 is 0 Å². The third kappa shape index (κ3) is 3.45. The molecule has 18 heavy (non-hydrogen) atoms. The van der Waals surface area contributed by atoms with E-state index in [-0.39, 0.29) is 16.9 Å². The zero-order valence-electron chi connectivity index (χ0n) is 11.6. The molecule has 1 aliphatic carbocycles. The molecule has 4 nitrogen and oxygen atoms in total. The van der Waals surface area contributed by atoms with Gasteiger partial charge in [0.15, 0.2) is 9.84 Å². The summed E-state index contributed by atoms with van der Waals surface area (Å²) in [4.78, 5) is 0. The Morgan fingerprint density at radius 1 is 1.22 bits per heavy atom. The molecular formula is C13H25NO3S. The van der Waals surface area contributed by atoms with E-state index in [1.807, 2.05) is 0 Å². The van der Waals surface area contributed by atoms with Gasteiger partial charge < -0.3 is 10.1 Å². The summed E-state index contributed by atoms with van der Waals surface area (Å²) in [7, 11) is -2.92. The van der Waals surface area contributed by atoms with Gasteiger partial charge in [-0.2, -0.15) is 0 Å². The van der Waals surface area contributed by atoms with Gasteiger partial charge in [0.2, 0.25) is 0 Å². The van der Waals surface area contributed by atoms with Crippen molar-refractivity contribution in [2.45, 2.75) is 68.9 Å². The summed E-state index contributed by atoms with van der Waals surface area (Å²) in [6.07, 6.45) is 6.11. The molecule has 2 rings (SSSR count). The summed E-state index contributed by atoms with van der Waals surface area (Å²) in [5.41, 5.74) is -0.0882. The van der Waals surface area contributed by atoms with E-state index in [2.05, 4.69) is 19.2 Å². The molecule has 0 radical (unpaired) electrons. The van der Waals surface area contributed by atoms with Gasteiger partial charge in [0.1, 0.15) is 0 Å². The summed E-state index contributed by atoms with van der Waals surface area (Å²) in [5, 5.41) is 3.38. The minimum atomic E-state index is -2.92. The van der Waals surface area contributed by atoms with Crippen LogP contribution in [0.3, 0.4) is 0 Å². The van der Waals surface area contributed by atoms with E-state index in [9.17, 15) is 8.42 Å². The van der Waals surface area contributed by atoms with Gasteiger partial charge in [-0.3, -0.25) is 0 Å². The molecular weight excluding hydrogens is 250 g/mol. The Kier molecular flexibility index (Phi) is 4.04. The van der Waals surface area contributed by atoms with E-state index < -0.39 is 9.84 Å². The summed E-state index contributed by atoms with van der Waals surface area (Å²) in [5.74, 6) is 0. The lowest BCUT2D eigenvalue weighted by Crippen LogP contribution is -2.50. The highest BCUT2D eigenvalue weighted by atomic mass is 32.2. The van der Waals surface area contributed by atoms with E-state index in [0.717, 1.165) is 38.7 Å². The Morgan fingerprint density at radius 2 is 1.94 bits per heavy atom. The molecule has 2 fully saturated rings. The van der Waals surface area contributed by atoms with Crippen LogP contribution < -0.4 is 5.32 Å². The van der Waals surface area contributed by atoms with Crippen molar-refractivity contribution in [3.63, 3.8) is 0 Å². The van der Waals surface area contributed by atoms with Crippen LogP contribution in [0, 0.1) is 0 Å². The van der Waals surface area contributed by atoms with E-state index in [1.54, 1.807) is 0 Å². The molecule has 0 bridgehead atoms. The van der Waals surface area contributed by atoms with Gasteiger partial charge in [0.25, 0.3) is 0 Å². The molecule has 1 saturated carbocycles. The normalized spacial score (nSPS) is 36.7. The first-order chi connectivity index (χ1) is 8.28. The second kappa shape index (κ2) is 5.10. The van der Waals surface area contributed by atoms with Gasteiger partial charge in [-0.25, -0.2) is 8.42 Å². The fourth-order valence-electron chi connectivity index (χ4n) is 3.31. The molecule has 1 N–H and O–H groups in total. The van der Waals surface area contributed by atoms with Crippen molar-refractivity contribution < 1.29 is 13.2 Å². The number of sulfone groups is 1. The standard InChI is InChI=1S/C13H25NO3S/c1-13(2)9-10(7-8-17-13)14-11-5-4-6-12(11)18(3,15)16/h10-12,14H,4-9H2,1-3H3. The highest BCUT2D eigenvalue weighted by molar-refractivity contribution is 7.91. The van der Waals surface area contributed by atoms with Crippen LogP contribution in [0.15, 0.2) is 0 Å². The van der Waals surface area contributed by atoms with E-state index in [4.69, 9.17) is 4.74 Å². The van der Waals surface area contributed by atoms with Crippen molar-refractivity contribution >= 4 is 9.84 Å². The first kappa shape index (κ1) is 14.3. The third-order valence-electron chi connectivity index (χ3n) is 4.15. The highest BCUT2D eigenvalue weighted by Gasteiger charge is 2.37. The quantitative estimate of drug-likeness (QED) is 0.848. The van der Waals surface area contributed by atoms with Gasteiger partial charge in [0.05, 0.1) is 10.9 Å². The Hall–Kier alpha value is -0.130. The minimum Gasteiger partial charge on any atom is -0.375 e. The first-order valence-corrected chi connectivity index (χ1v) is 8.82. The molecule has 2 aliphatic rings.